The summed E-state index contributed by atoms with van der Waals surface area (Å²) in [7, 11) is -4.67. The molecule has 0 saturated carbocycles. The van der Waals surface area contributed by atoms with Crippen molar-refractivity contribution in [2.24, 2.45) is 17.8 Å². The van der Waals surface area contributed by atoms with Crippen LogP contribution in [0.3, 0.4) is 0 Å². The zero-order chi connectivity index (χ0) is 44.3. The summed E-state index contributed by atoms with van der Waals surface area (Å²) in [5.74, 6) is -0.506. The number of phosphoric acid groups is 1. The second-order valence-electron chi connectivity index (χ2n) is 16.9. The topological polar surface area (TPSA) is 186 Å². The van der Waals surface area contributed by atoms with E-state index >= 15 is 0 Å². The van der Waals surface area contributed by atoms with Gasteiger partial charge < -0.3 is 29.7 Å². The fourth-order valence-corrected chi connectivity index (χ4v) is 7.78. The van der Waals surface area contributed by atoms with Gasteiger partial charge in [0.05, 0.1) is 25.9 Å². The van der Waals surface area contributed by atoms with Crippen LogP contribution in [0.25, 0.3) is 0 Å². The number of rotatable bonds is 40. The summed E-state index contributed by atoms with van der Waals surface area (Å²) >= 11 is 0. The fourth-order valence-electron chi connectivity index (χ4n) is 6.99. The normalized spacial score (nSPS) is 18.1. The molecular formula is C47H83O12P. The first-order valence-corrected chi connectivity index (χ1v) is 24.9. The van der Waals surface area contributed by atoms with Crippen molar-refractivity contribution in [1.29, 1.82) is 0 Å². The Morgan fingerprint density at radius 2 is 1.32 bits per heavy atom. The van der Waals surface area contributed by atoms with E-state index in [1.54, 1.807) is 12.2 Å². The maximum atomic E-state index is 12.7. The molecule has 0 amide bonds. The van der Waals surface area contributed by atoms with E-state index in [1.807, 2.05) is 24.3 Å². The Morgan fingerprint density at radius 1 is 0.750 bits per heavy atom. The number of esters is 2. The van der Waals surface area contributed by atoms with Gasteiger partial charge in [-0.3, -0.25) is 23.4 Å². The van der Waals surface area contributed by atoms with Gasteiger partial charge in [0.1, 0.15) is 12.7 Å². The smallest absolute Gasteiger partial charge is 0.462 e. The van der Waals surface area contributed by atoms with Gasteiger partial charge in [0.2, 0.25) is 0 Å². The third-order valence-electron chi connectivity index (χ3n) is 10.7. The summed E-state index contributed by atoms with van der Waals surface area (Å²) in [5, 5.41) is 28.6. The lowest BCUT2D eigenvalue weighted by atomic mass is 9.90. The average Bonchev–Trinajstić information content (AvgIpc) is 3.57. The minimum atomic E-state index is -4.67. The summed E-state index contributed by atoms with van der Waals surface area (Å²) in [5.41, 5.74) is 0. The van der Waals surface area contributed by atoms with E-state index in [-0.39, 0.29) is 37.1 Å². The Labute approximate surface area is 362 Å². The first-order chi connectivity index (χ1) is 28.9. The number of ether oxygens (including phenoxy) is 2. The molecule has 0 aromatic carbocycles. The predicted molar refractivity (Wildman–Crippen MR) is 237 cm³/mol. The Hall–Kier alpha value is -2.18. The fraction of sp³-hybridized carbons (Fsp3) is 0.809. The van der Waals surface area contributed by atoms with Crippen LogP contribution in [-0.2, 0) is 37.5 Å². The van der Waals surface area contributed by atoms with Gasteiger partial charge in [-0.05, 0) is 50.0 Å². The molecule has 348 valence electrons. The number of carbonyl (C=O) groups excluding carboxylic acids is 3. The third-order valence-corrected chi connectivity index (χ3v) is 11.7. The first-order valence-electron chi connectivity index (χ1n) is 23.4. The van der Waals surface area contributed by atoms with Crippen molar-refractivity contribution in [3.05, 3.63) is 36.5 Å². The zero-order valence-corrected chi connectivity index (χ0v) is 38.3. The zero-order valence-electron chi connectivity index (χ0n) is 37.4. The van der Waals surface area contributed by atoms with Crippen LogP contribution >= 0.6 is 7.82 Å². The Kier molecular flexibility index (Phi) is 33.8. The molecule has 12 nitrogen and oxygen atoms in total. The molecule has 0 aliphatic heterocycles. The quantitative estimate of drug-likeness (QED) is 0.0198. The van der Waals surface area contributed by atoms with Crippen molar-refractivity contribution in [3.8, 4) is 0 Å². The number of aliphatic hydroxyl groups is 3. The van der Waals surface area contributed by atoms with E-state index in [1.165, 1.54) is 77.0 Å². The van der Waals surface area contributed by atoms with Crippen molar-refractivity contribution < 1.29 is 57.7 Å². The van der Waals surface area contributed by atoms with Crippen LogP contribution in [0.4, 0.5) is 0 Å². The number of allylic oxidation sites excluding steroid dienone is 5. The van der Waals surface area contributed by atoms with Crippen molar-refractivity contribution in [1.82, 2.24) is 0 Å². The number of aliphatic hydroxyl groups excluding tert-OH is 3. The minimum absolute atomic E-state index is 0.0115. The Morgan fingerprint density at radius 3 is 1.92 bits per heavy atom. The standard InChI is InChI=1S/C47H83O12P/c1-4-5-21-28-41(49)32-33-44-40(31-34-45(44)51)27-23-19-20-24-29-46(52)56-37-43(38-58-60(54,55)57-36-42(50)35-48)59-47(53)30-25-18-16-14-12-10-8-6-7-9-11-13-15-17-22-26-39(2)3/h19,23,31-34,39-44,48-50H,4-18,20-22,24-30,35-38H2,1-3H3,(H,54,55)/b23-19-,33-32+/t40-,41-,42-,43+,44+/m0/s1. The summed E-state index contributed by atoms with van der Waals surface area (Å²) in [6, 6.07) is 0. The van der Waals surface area contributed by atoms with Crippen LogP contribution < -0.4 is 0 Å². The highest BCUT2D eigenvalue weighted by Crippen LogP contribution is 2.43. The number of phosphoric ester groups is 1. The maximum Gasteiger partial charge on any atom is 0.472 e. The van der Waals surface area contributed by atoms with Crippen LogP contribution in [0.15, 0.2) is 36.5 Å². The van der Waals surface area contributed by atoms with Gasteiger partial charge in [0.15, 0.2) is 11.9 Å². The van der Waals surface area contributed by atoms with Crippen LogP contribution in [0.5, 0.6) is 0 Å². The van der Waals surface area contributed by atoms with Gasteiger partial charge in [0, 0.05) is 18.8 Å². The number of hydrogen-bond acceptors (Lipinski definition) is 11. The predicted octanol–water partition coefficient (Wildman–Crippen LogP) is 10.2. The molecule has 0 heterocycles. The average molecular weight is 871 g/mol. The lowest BCUT2D eigenvalue weighted by Gasteiger charge is -2.20. The van der Waals surface area contributed by atoms with Crippen LogP contribution in [-0.4, -0.2) is 82.7 Å². The Balaban J connectivity index is 2.38. The van der Waals surface area contributed by atoms with Gasteiger partial charge >= 0.3 is 19.8 Å². The lowest BCUT2D eigenvalue weighted by Crippen LogP contribution is -2.29. The molecule has 0 aromatic rings. The van der Waals surface area contributed by atoms with Crippen molar-refractivity contribution in [2.45, 2.75) is 200 Å². The van der Waals surface area contributed by atoms with E-state index in [0.717, 1.165) is 44.4 Å². The third kappa shape index (κ3) is 31.6. The van der Waals surface area contributed by atoms with E-state index in [0.29, 0.717) is 32.1 Å². The summed E-state index contributed by atoms with van der Waals surface area (Å²) in [6.07, 6.45) is 33.1. The van der Waals surface area contributed by atoms with E-state index in [4.69, 9.17) is 19.1 Å². The highest BCUT2D eigenvalue weighted by atomic mass is 31.2. The van der Waals surface area contributed by atoms with Gasteiger partial charge in [-0.25, -0.2) is 4.57 Å². The van der Waals surface area contributed by atoms with Gasteiger partial charge in [-0.15, -0.1) is 0 Å². The molecule has 0 spiro atoms. The summed E-state index contributed by atoms with van der Waals surface area (Å²) in [6.45, 7) is 4.41. The lowest BCUT2D eigenvalue weighted by molar-refractivity contribution is -0.161. The molecule has 0 saturated heterocycles. The van der Waals surface area contributed by atoms with E-state index in [9.17, 15) is 34.1 Å². The van der Waals surface area contributed by atoms with Gasteiger partial charge in [-0.1, -0.05) is 167 Å². The number of carbonyl (C=O) groups is 3. The number of unbranched alkanes of at least 4 members (excludes halogenated alkanes) is 17. The Bertz CT molecular complexity index is 1250. The molecule has 60 heavy (non-hydrogen) atoms. The highest BCUT2D eigenvalue weighted by molar-refractivity contribution is 7.47. The van der Waals surface area contributed by atoms with Crippen molar-refractivity contribution in [3.63, 3.8) is 0 Å². The van der Waals surface area contributed by atoms with Crippen molar-refractivity contribution >= 4 is 25.5 Å². The molecule has 1 unspecified atom stereocenters. The minimum Gasteiger partial charge on any atom is -0.462 e. The van der Waals surface area contributed by atoms with E-state index in [2.05, 4.69) is 25.3 Å². The molecule has 1 aliphatic carbocycles. The molecule has 0 radical (unpaired) electrons. The van der Waals surface area contributed by atoms with Crippen LogP contribution in [0, 0.1) is 17.8 Å². The first kappa shape index (κ1) is 55.8. The molecule has 6 atom stereocenters. The largest absolute Gasteiger partial charge is 0.472 e. The molecular weight excluding hydrogens is 787 g/mol. The van der Waals surface area contributed by atoms with Crippen LogP contribution in [0.2, 0.25) is 0 Å². The second-order valence-corrected chi connectivity index (χ2v) is 18.4. The SMILES string of the molecule is CCCCC[C@H](O)/C=C/[C@H]1C(=O)C=C[C@@H]1C/C=C\CCCC(=O)OC[C@H](COP(=O)(O)OC[C@@H](O)CO)OC(=O)CCCCCCCCCCCCCCCCCC(C)C. The van der Waals surface area contributed by atoms with Crippen LogP contribution in [0.1, 0.15) is 181 Å². The monoisotopic (exact) mass is 871 g/mol. The molecule has 0 fully saturated rings. The van der Waals surface area contributed by atoms with Gasteiger partial charge in [-0.2, -0.15) is 0 Å². The molecule has 1 aliphatic rings. The highest BCUT2D eigenvalue weighted by Gasteiger charge is 2.28. The summed E-state index contributed by atoms with van der Waals surface area (Å²) in [4.78, 5) is 47.6. The van der Waals surface area contributed by atoms with Crippen molar-refractivity contribution in [2.75, 3.05) is 26.4 Å². The summed E-state index contributed by atoms with van der Waals surface area (Å²) < 4.78 is 32.8. The molecule has 1 rings (SSSR count). The number of hydrogen-bond donors (Lipinski definition) is 4. The number of ketones is 1. The van der Waals surface area contributed by atoms with Gasteiger partial charge in [0.25, 0.3) is 0 Å². The molecule has 4 N–H and O–H groups in total. The second kappa shape index (κ2) is 36.3. The molecule has 0 bridgehead atoms. The molecule has 13 heteroatoms. The van der Waals surface area contributed by atoms with E-state index < -0.39 is 57.9 Å². The maximum absolute atomic E-state index is 12.7. The molecule has 0 aromatic heterocycles.